The number of amides is 1. The van der Waals surface area contributed by atoms with Crippen LogP contribution in [0.1, 0.15) is 39.3 Å². The Hall–Kier alpha value is -2.18. The molecule has 0 atom stereocenters. The summed E-state index contributed by atoms with van der Waals surface area (Å²) in [5.41, 5.74) is -0.322. The Balaban J connectivity index is 1.40. The number of hydrogen-bond acceptors (Lipinski definition) is 3. The molecular formula is C20H25F2N3O2. The zero-order valence-corrected chi connectivity index (χ0v) is 16.1. The first-order valence-electron chi connectivity index (χ1n) is 9.27. The van der Waals surface area contributed by atoms with Gasteiger partial charge in [-0.2, -0.15) is 8.78 Å². The molecular weight excluding hydrogens is 352 g/mol. The molecule has 27 heavy (non-hydrogen) atoms. The average Bonchev–Trinajstić information content (AvgIpc) is 2.83. The van der Waals surface area contributed by atoms with Gasteiger partial charge in [0.25, 0.3) is 5.92 Å². The van der Waals surface area contributed by atoms with Crippen LogP contribution in [0.4, 0.5) is 13.6 Å². The first kappa shape index (κ1) is 18.2. The van der Waals surface area contributed by atoms with E-state index < -0.39 is 17.4 Å². The summed E-state index contributed by atoms with van der Waals surface area (Å²) in [7, 11) is 1.80. The Morgan fingerprint density at radius 2 is 1.89 bits per heavy atom. The van der Waals surface area contributed by atoms with Gasteiger partial charge in [0, 0.05) is 43.1 Å². The number of ether oxygens (including phenoxy) is 1. The second-order valence-electron chi connectivity index (χ2n) is 9.10. The molecule has 2 aliphatic rings. The van der Waals surface area contributed by atoms with Crippen LogP contribution in [0.5, 0.6) is 0 Å². The fourth-order valence-corrected chi connectivity index (χ4v) is 4.25. The largest absolute Gasteiger partial charge is 0.444 e. The van der Waals surface area contributed by atoms with Crippen molar-refractivity contribution in [3.63, 3.8) is 0 Å². The molecule has 0 aromatic carbocycles. The first-order chi connectivity index (χ1) is 12.5. The Bertz CT molecular complexity index is 886. The van der Waals surface area contributed by atoms with Crippen LogP contribution in [-0.2, 0) is 17.7 Å². The number of rotatable bonds is 2. The molecule has 1 aliphatic carbocycles. The fourth-order valence-electron chi connectivity index (χ4n) is 4.25. The smallest absolute Gasteiger partial charge is 0.410 e. The van der Waals surface area contributed by atoms with Crippen LogP contribution in [0.2, 0.25) is 0 Å². The Morgan fingerprint density at radius 1 is 1.22 bits per heavy atom. The van der Waals surface area contributed by atoms with Gasteiger partial charge in [0.15, 0.2) is 0 Å². The van der Waals surface area contributed by atoms with Crippen LogP contribution < -0.4 is 0 Å². The number of nitrogens with zero attached hydrogens (tertiary/aromatic N) is 3. The zero-order valence-electron chi connectivity index (χ0n) is 16.1. The number of pyridine rings is 1. The van der Waals surface area contributed by atoms with Gasteiger partial charge in [0.2, 0.25) is 0 Å². The second-order valence-corrected chi connectivity index (χ2v) is 9.10. The second kappa shape index (κ2) is 5.66. The van der Waals surface area contributed by atoms with E-state index in [9.17, 15) is 13.6 Å². The van der Waals surface area contributed by atoms with Crippen molar-refractivity contribution in [2.45, 2.75) is 45.1 Å². The number of fused-ring (bicyclic) bond motifs is 1. The molecule has 5 nitrogen and oxygen atoms in total. The van der Waals surface area contributed by atoms with E-state index in [0.717, 1.165) is 5.39 Å². The molecule has 0 unspecified atom stereocenters. The quantitative estimate of drug-likeness (QED) is 0.783. The van der Waals surface area contributed by atoms with E-state index in [2.05, 4.69) is 4.98 Å². The summed E-state index contributed by atoms with van der Waals surface area (Å²) in [4.78, 5) is 17.9. The van der Waals surface area contributed by atoms with E-state index in [1.54, 1.807) is 22.6 Å². The molecule has 1 saturated heterocycles. The van der Waals surface area contributed by atoms with Crippen molar-refractivity contribution in [3.05, 3.63) is 30.1 Å². The maximum absolute atomic E-state index is 15.0. The van der Waals surface area contributed by atoms with Crippen molar-refractivity contribution in [1.82, 2.24) is 14.5 Å². The maximum Gasteiger partial charge on any atom is 0.410 e. The molecule has 2 aromatic rings. The van der Waals surface area contributed by atoms with Gasteiger partial charge in [0.05, 0.1) is 0 Å². The molecule has 1 amide bonds. The van der Waals surface area contributed by atoms with Crippen LogP contribution in [-0.4, -0.2) is 39.2 Å². The predicted molar refractivity (Wildman–Crippen MR) is 97.6 cm³/mol. The van der Waals surface area contributed by atoms with Crippen molar-refractivity contribution in [2.75, 3.05) is 13.1 Å². The minimum atomic E-state index is -2.96. The molecule has 146 valence electrons. The van der Waals surface area contributed by atoms with Gasteiger partial charge in [-0.1, -0.05) is 0 Å². The lowest BCUT2D eigenvalue weighted by Gasteiger charge is -2.59. The highest BCUT2D eigenvalue weighted by molar-refractivity contribution is 5.76. The molecule has 1 spiro atoms. The molecule has 0 radical (unpaired) electrons. The van der Waals surface area contributed by atoms with Gasteiger partial charge >= 0.3 is 6.09 Å². The van der Waals surface area contributed by atoms with Crippen molar-refractivity contribution in [3.8, 4) is 0 Å². The minimum Gasteiger partial charge on any atom is -0.444 e. The molecule has 1 aliphatic heterocycles. The molecule has 3 heterocycles. The molecule has 2 fully saturated rings. The summed E-state index contributed by atoms with van der Waals surface area (Å²) in [5.74, 6) is -3.70. The Morgan fingerprint density at radius 3 is 2.52 bits per heavy atom. The third-order valence-corrected chi connectivity index (χ3v) is 5.63. The number of aromatic nitrogens is 2. The normalized spacial score (nSPS) is 19.9. The van der Waals surface area contributed by atoms with Crippen LogP contribution in [0, 0.1) is 11.3 Å². The molecule has 4 rings (SSSR count). The van der Waals surface area contributed by atoms with Crippen molar-refractivity contribution >= 4 is 17.1 Å². The Labute approximate surface area is 157 Å². The average molecular weight is 377 g/mol. The number of hydrogen-bond donors (Lipinski definition) is 0. The standard InChI is InChI=1S/C20H25F2N3O2/c1-18(2,3)27-17(26)25-11-19(12-25)9-14(10-19)20(21,22)15-6-5-13-7-8-24(4)16(13)23-15/h5-8,14H,9-12H2,1-4H3. The lowest BCUT2D eigenvalue weighted by atomic mass is 9.56. The van der Waals surface area contributed by atoms with Gasteiger partial charge in [-0.15, -0.1) is 0 Å². The summed E-state index contributed by atoms with van der Waals surface area (Å²) in [6.07, 6.45) is 2.27. The maximum atomic E-state index is 15.0. The summed E-state index contributed by atoms with van der Waals surface area (Å²) in [6.45, 7) is 6.45. The van der Waals surface area contributed by atoms with E-state index >= 15 is 0 Å². The van der Waals surface area contributed by atoms with E-state index in [0.29, 0.717) is 31.6 Å². The van der Waals surface area contributed by atoms with E-state index in [4.69, 9.17) is 4.74 Å². The van der Waals surface area contributed by atoms with E-state index in [-0.39, 0.29) is 17.2 Å². The third-order valence-electron chi connectivity index (χ3n) is 5.63. The van der Waals surface area contributed by atoms with Gasteiger partial charge in [0.1, 0.15) is 16.9 Å². The molecule has 2 aromatic heterocycles. The number of alkyl halides is 2. The molecule has 0 bridgehead atoms. The molecule has 1 saturated carbocycles. The Kier molecular flexibility index (Phi) is 3.81. The number of likely N-dealkylation sites (tertiary alicyclic amines) is 1. The number of carbonyl (C=O) groups excluding carboxylic acids is 1. The summed E-state index contributed by atoms with van der Waals surface area (Å²) < 4.78 is 37.0. The third kappa shape index (κ3) is 3.07. The van der Waals surface area contributed by atoms with Crippen molar-refractivity contribution in [1.29, 1.82) is 0 Å². The van der Waals surface area contributed by atoms with E-state index in [1.807, 2.05) is 33.0 Å². The van der Waals surface area contributed by atoms with E-state index in [1.165, 1.54) is 6.07 Å². The lowest BCUT2D eigenvalue weighted by molar-refractivity contribution is -0.183. The molecule has 0 N–H and O–H groups in total. The van der Waals surface area contributed by atoms with Gasteiger partial charge < -0.3 is 14.2 Å². The lowest BCUT2D eigenvalue weighted by Crippen LogP contribution is -2.65. The fraction of sp³-hybridized carbons (Fsp3) is 0.600. The summed E-state index contributed by atoms with van der Waals surface area (Å²) in [5, 5.41) is 0.856. The van der Waals surface area contributed by atoms with Crippen molar-refractivity contribution < 1.29 is 18.3 Å². The van der Waals surface area contributed by atoms with Crippen molar-refractivity contribution in [2.24, 2.45) is 18.4 Å². The monoisotopic (exact) mass is 377 g/mol. The zero-order chi connectivity index (χ0) is 19.6. The summed E-state index contributed by atoms with van der Waals surface area (Å²) >= 11 is 0. The highest BCUT2D eigenvalue weighted by Gasteiger charge is 2.61. The highest BCUT2D eigenvalue weighted by atomic mass is 19.3. The molecule has 7 heteroatoms. The van der Waals surface area contributed by atoms with Gasteiger partial charge in [-0.05, 0) is 51.8 Å². The number of halogens is 2. The highest BCUT2D eigenvalue weighted by Crippen LogP contribution is 2.59. The van der Waals surface area contributed by atoms with Gasteiger partial charge in [-0.25, -0.2) is 9.78 Å². The van der Waals surface area contributed by atoms with Crippen LogP contribution >= 0.6 is 0 Å². The van der Waals surface area contributed by atoms with Crippen LogP contribution in [0.15, 0.2) is 24.4 Å². The summed E-state index contributed by atoms with van der Waals surface area (Å²) in [6, 6.07) is 5.00. The topological polar surface area (TPSA) is 47.4 Å². The first-order valence-corrected chi connectivity index (χ1v) is 9.27. The van der Waals surface area contributed by atoms with Crippen LogP contribution in [0.25, 0.3) is 11.0 Å². The predicted octanol–water partition coefficient (Wildman–Crippen LogP) is 4.31. The SMILES string of the molecule is Cn1ccc2ccc(C(F)(F)C3CC4(C3)CN(C(=O)OC(C)(C)C)C4)nc21. The van der Waals surface area contributed by atoms with Crippen LogP contribution in [0.3, 0.4) is 0 Å². The van der Waals surface area contributed by atoms with Gasteiger partial charge in [-0.3, -0.25) is 0 Å². The minimum absolute atomic E-state index is 0.167. The number of aryl methyl sites for hydroxylation is 1. The number of carbonyl (C=O) groups is 1.